The molecule has 2 aromatic rings. The summed E-state index contributed by atoms with van der Waals surface area (Å²) in [5.74, 6) is 0.0869. The number of phenolic OH excluding ortho intramolecular Hbond substituents is 1. The Morgan fingerprint density at radius 2 is 1.74 bits per heavy atom. The van der Waals surface area contributed by atoms with Gasteiger partial charge in [0.2, 0.25) is 0 Å². The van der Waals surface area contributed by atoms with Crippen LogP contribution in [0, 0.1) is 6.92 Å². The zero-order chi connectivity index (χ0) is 13.7. The summed E-state index contributed by atoms with van der Waals surface area (Å²) in [6, 6.07) is 14.7. The number of benzene rings is 2. The number of rotatable bonds is 3. The molecule has 0 aliphatic heterocycles. The first-order chi connectivity index (χ1) is 9.20. The van der Waals surface area contributed by atoms with Crippen LogP contribution in [0.5, 0.6) is 5.75 Å². The molecule has 0 bridgehead atoms. The van der Waals surface area contributed by atoms with Crippen LogP contribution in [-0.4, -0.2) is 16.0 Å². The Balaban J connectivity index is 2.25. The minimum atomic E-state index is 0.0869. The molecule has 3 heteroatoms. The summed E-state index contributed by atoms with van der Waals surface area (Å²) in [6.45, 7) is 2.02. The zero-order valence-electron chi connectivity index (χ0n) is 10.6. The second-order valence-corrected chi connectivity index (χ2v) is 4.25. The number of phenols is 1. The van der Waals surface area contributed by atoms with Crippen LogP contribution in [-0.2, 0) is 0 Å². The molecule has 0 saturated heterocycles. The van der Waals surface area contributed by atoms with Gasteiger partial charge in [-0.2, -0.15) is 0 Å². The number of aryl methyl sites for hydroxylation is 1. The van der Waals surface area contributed by atoms with Gasteiger partial charge in [0.1, 0.15) is 11.5 Å². The minimum Gasteiger partial charge on any atom is -0.507 e. The minimum absolute atomic E-state index is 0.0869. The number of allylic oxidation sites excluding steroid dienone is 1. The Bertz CT molecular complexity index is 613. The van der Waals surface area contributed by atoms with E-state index in [0.29, 0.717) is 11.3 Å². The van der Waals surface area contributed by atoms with E-state index in [2.05, 4.69) is 5.16 Å². The monoisotopic (exact) mass is 253 g/mol. The van der Waals surface area contributed by atoms with Crippen molar-refractivity contribution < 1.29 is 10.3 Å². The van der Waals surface area contributed by atoms with Crippen molar-refractivity contribution in [3.05, 3.63) is 71.3 Å². The van der Waals surface area contributed by atoms with Crippen molar-refractivity contribution in [1.29, 1.82) is 0 Å². The quantitative estimate of drug-likeness (QED) is 0.499. The van der Waals surface area contributed by atoms with E-state index in [1.165, 1.54) is 5.56 Å². The summed E-state index contributed by atoms with van der Waals surface area (Å²) in [4.78, 5) is 0. The van der Waals surface area contributed by atoms with Crippen molar-refractivity contribution in [1.82, 2.24) is 0 Å². The Kier molecular flexibility index (Phi) is 3.98. The van der Waals surface area contributed by atoms with E-state index >= 15 is 0 Å². The molecule has 0 radical (unpaired) electrons. The van der Waals surface area contributed by atoms with Crippen molar-refractivity contribution in [2.24, 2.45) is 5.16 Å². The third-order valence-electron chi connectivity index (χ3n) is 2.80. The third-order valence-corrected chi connectivity index (χ3v) is 2.80. The number of para-hydroxylation sites is 1. The highest BCUT2D eigenvalue weighted by atomic mass is 16.4. The molecular weight excluding hydrogens is 238 g/mol. The highest BCUT2D eigenvalue weighted by Crippen LogP contribution is 2.17. The summed E-state index contributed by atoms with van der Waals surface area (Å²) < 4.78 is 0. The van der Waals surface area contributed by atoms with E-state index in [0.717, 1.165) is 5.56 Å². The van der Waals surface area contributed by atoms with E-state index in [-0.39, 0.29) is 5.75 Å². The lowest BCUT2D eigenvalue weighted by Crippen LogP contribution is -1.96. The molecule has 0 aliphatic carbocycles. The number of hydrogen-bond acceptors (Lipinski definition) is 3. The molecule has 2 N–H and O–H groups in total. The van der Waals surface area contributed by atoms with Gasteiger partial charge in [-0.05, 0) is 30.7 Å². The van der Waals surface area contributed by atoms with E-state index in [1.807, 2.05) is 37.3 Å². The second kappa shape index (κ2) is 5.87. The van der Waals surface area contributed by atoms with Gasteiger partial charge in [0.25, 0.3) is 0 Å². The Morgan fingerprint density at radius 1 is 1.05 bits per heavy atom. The average molecular weight is 253 g/mol. The maximum absolute atomic E-state index is 9.72. The molecule has 0 aliphatic rings. The molecule has 0 saturated carbocycles. The second-order valence-electron chi connectivity index (χ2n) is 4.25. The van der Waals surface area contributed by atoms with Gasteiger partial charge in [0.05, 0.1) is 0 Å². The van der Waals surface area contributed by atoms with Crippen LogP contribution in [0.3, 0.4) is 0 Å². The first-order valence-electron chi connectivity index (χ1n) is 5.96. The first kappa shape index (κ1) is 12.9. The zero-order valence-corrected chi connectivity index (χ0v) is 10.6. The average Bonchev–Trinajstić information content (AvgIpc) is 2.43. The molecule has 2 rings (SSSR count). The smallest absolute Gasteiger partial charge is 0.125 e. The molecular formula is C16H15NO2. The van der Waals surface area contributed by atoms with Crippen molar-refractivity contribution in [2.75, 3.05) is 0 Å². The van der Waals surface area contributed by atoms with Crippen molar-refractivity contribution in [2.45, 2.75) is 6.92 Å². The van der Waals surface area contributed by atoms with E-state index in [9.17, 15) is 5.11 Å². The first-order valence-corrected chi connectivity index (χ1v) is 5.96. The van der Waals surface area contributed by atoms with Crippen LogP contribution in [0.4, 0.5) is 0 Å². The van der Waals surface area contributed by atoms with E-state index in [1.54, 1.807) is 30.3 Å². The van der Waals surface area contributed by atoms with Crippen LogP contribution in [0.25, 0.3) is 6.08 Å². The topological polar surface area (TPSA) is 52.8 Å². The lowest BCUT2D eigenvalue weighted by molar-refractivity contribution is 0.319. The maximum atomic E-state index is 9.72. The Labute approximate surface area is 112 Å². The molecule has 0 aromatic heterocycles. The summed E-state index contributed by atoms with van der Waals surface area (Å²) in [7, 11) is 0. The summed E-state index contributed by atoms with van der Waals surface area (Å²) in [6.07, 6.45) is 3.50. The normalized spacial score (nSPS) is 11.9. The van der Waals surface area contributed by atoms with Gasteiger partial charge >= 0.3 is 0 Å². The van der Waals surface area contributed by atoms with Gasteiger partial charge in [0.15, 0.2) is 0 Å². The fourth-order valence-electron chi connectivity index (χ4n) is 1.72. The predicted octanol–water partition coefficient (Wildman–Crippen LogP) is 3.59. The molecule has 0 atom stereocenters. The fraction of sp³-hybridized carbons (Fsp3) is 0.0625. The standard InChI is InChI=1S/C16H15NO2/c1-12-6-8-13(9-7-12)10-11-15(17-19)14-4-2-3-5-16(14)18/h2-11,18-19H,1H3/b11-10+,17-15+. The molecule has 0 unspecified atom stereocenters. The highest BCUT2D eigenvalue weighted by molar-refractivity contribution is 6.12. The highest BCUT2D eigenvalue weighted by Gasteiger charge is 2.05. The van der Waals surface area contributed by atoms with Gasteiger partial charge in [0, 0.05) is 5.56 Å². The molecule has 96 valence electrons. The number of nitrogens with zero attached hydrogens (tertiary/aromatic N) is 1. The summed E-state index contributed by atoms with van der Waals surface area (Å²) >= 11 is 0. The van der Waals surface area contributed by atoms with Crippen LogP contribution >= 0.6 is 0 Å². The number of oxime groups is 1. The molecule has 2 aromatic carbocycles. The lowest BCUT2D eigenvalue weighted by Gasteiger charge is -2.02. The van der Waals surface area contributed by atoms with Gasteiger partial charge in [-0.15, -0.1) is 0 Å². The third kappa shape index (κ3) is 3.22. The molecule has 0 fully saturated rings. The Hall–Kier alpha value is -2.55. The van der Waals surface area contributed by atoms with Crippen LogP contribution in [0.2, 0.25) is 0 Å². The van der Waals surface area contributed by atoms with Gasteiger partial charge in [-0.3, -0.25) is 0 Å². The Morgan fingerprint density at radius 3 is 2.37 bits per heavy atom. The molecule has 0 amide bonds. The lowest BCUT2D eigenvalue weighted by atomic mass is 10.1. The van der Waals surface area contributed by atoms with E-state index < -0.39 is 0 Å². The van der Waals surface area contributed by atoms with E-state index in [4.69, 9.17) is 5.21 Å². The molecule has 3 nitrogen and oxygen atoms in total. The number of aromatic hydroxyl groups is 1. The van der Waals surface area contributed by atoms with Crippen molar-refractivity contribution in [3.63, 3.8) is 0 Å². The van der Waals surface area contributed by atoms with Crippen LogP contribution in [0.1, 0.15) is 16.7 Å². The molecule has 19 heavy (non-hydrogen) atoms. The molecule has 0 heterocycles. The van der Waals surface area contributed by atoms with Gasteiger partial charge < -0.3 is 10.3 Å². The predicted molar refractivity (Wildman–Crippen MR) is 76.6 cm³/mol. The van der Waals surface area contributed by atoms with Gasteiger partial charge in [-0.1, -0.05) is 53.2 Å². The maximum Gasteiger partial charge on any atom is 0.125 e. The molecule has 0 spiro atoms. The fourth-order valence-corrected chi connectivity index (χ4v) is 1.72. The van der Waals surface area contributed by atoms with Crippen molar-refractivity contribution >= 4 is 11.8 Å². The summed E-state index contributed by atoms with van der Waals surface area (Å²) in [5, 5.41) is 22.0. The van der Waals surface area contributed by atoms with Gasteiger partial charge in [-0.25, -0.2) is 0 Å². The number of hydrogen-bond donors (Lipinski definition) is 2. The summed E-state index contributed by atoms with van der Waals surface area (Å²) in [5.41, 5.74) is 3.00. The van der Waals surface area contributed by atoms with Crippen molar-refractivity contribution in [3.8, 4) is 5.75 Å². The largest absolute Gasteiger partial charge is 0.507 e. The van der Waals surface area contributed by atoms with Crippen LogP contribution < -0.4 is 0 Å². The SMILES string of the molecule is Cc1ccc(/C=C/C(=N\O)c2ccccc2O)cc1. The van der Waals surface area contributed by atoms with Crippen LogP contribution in [0.15, 0.2) is 59.8 Å².